The lowest BCUT2D eigenvalue weighted by molar-refractivity contribution is -0.134. The average Bonchev–Trinajstić information content (AvgIpc) is 3.83. The molecule has 2 heterocycles. The fraction of sp³-hybridized carbons (Fsp3) is 0.755. The number of ether oxygens (including phenoxy) is 1. The van der Waals surface area contributed by atoms with Crippen LogP contribution in [0.1, 0.15) is 144 Å². The number of nitrogens with zero attached hydrogens (tertiary/aromatic N) is 2. The van der Waals surface area contributed by atoms with Crippen LogP contribution in [0.3, 0.4) is 0 Å². The zero-order valence-corrected chi connectivity index (χ0v) is 52.3. The third-order valence-corrected chi connectivity index (χ3v) is 35.1. The lowest BCUT2D eigenvalue weighted by atomic mass is 9.85. The van der Waals surface area contributed by atoms with E-state index < -0.39 is 51.0 Å². The lowest BCUT2D eigenvalue weighted by Crippen LogP contribution is -2.47. The highest BCUT2D eigenvalue weighted by Crippen LogP contribution is 2.50. The molecule has 0 bridgehead atoms. The molecule has 1 amide bonds. The molecule has 0 saturated heterocycles. The molecule has 0 spiro atoms. The number of rotatable bonds is 25. The van der Waals surface area contributed by atoms with Gasteiger partial charge in [0.2, 0.25) is 15.9 Å². The summed E-state index contributed by atoms with van der Waals surface area (Å²) in [5, 5.41) is 5.69. The van der Waals surface area contributed by atoms with Gasteiger partial charge in [-0.05, 0) is 143 Å². The fourth-order valence-corrected chi connectivity index (χ4v) is 17.7. The Kier molecular flexibility index (Phi) is 21.5. The number of thiophene rings is 1. The van der Waals surface area contributed by atoms with Crippen molar-refractivity contribution in [3.63, 3.8) is 0 Å². The number of likely N-dealkylation sites (N-methyl/N-ethyl adjacent to an activating group) is 1. The van der Waals surface area contributed by atoms with Crippen molar-refractivity contribution in [1.29, 1.82) is 0 Å². The topological polar surface area (TPSA) is 155 Å². The van der Waals surface area contributed by atoms with E-state index in [4.69, 9.17) is 23.2 Å². The number of unbranched alkanes of at least 4 members (excludes halogenated alkanes) is 1. The maximum Gasteiger partial charge on any atom is 0.253 e. The second kappa shape index (κ2) is 24.6. The van der Waals surface area contributed by atoms with Gasteiger partial charge in [0, 0.05) is 51.4 Å². The average molecular weight is 1100 g/mol. The van der Waals surface area contributed by atoms with Crippen LogP contribution in [-0.4, -0.2) is 109 Å². The maximum absolute atomic E-state index is 14.1. The first kappa shape index (κ1) is 62.0. The highest BCUT2D eigenvalue weighted by molar-refractivity contribution is 7.94. The number of hydrogen-bond donors (Lipinski definition) is 1. The van der Waals surface area contributed by atoms with Gasteiger partial charge < -0.3 is 22.9 Å². The Morgan fingerprint density at radius 2 is 1.45 bits per heavy atom. The number of methoxy groups -OCH3 is 1. The molecule has 1 saturated carbocycles. The largest absolute Gasteiger partial charge is 0.414 e. The van der Waals surface area contributed by atoms with Gasteiger partial charge in [-0.2, -0.15) is 4.31 Å². The third-order valence-electron chi connectivity index (χ3n) is 16.6. The summed E-state index contributed by atoms with van der Waals surface area (Å²) in [5.41, 5.74) is 1.65. The van der Waals surface area contributed by atoms with Crippen molar-refractivity contribution < 1.29 is 39.6 Å². The molecule has 18 heteroatoms. The highest BCUT2D eigenvalue weighted by atomic mass is 32.3. The molecule has 1 aliphatic heterocycles. The molecule has 1 aromatic carbocycles. The van der Waals surface area contributed by atoms with Crippen LogP contribution < -0.4 is 5.14 Å². The fourth-order valence-electron chi connectivity index (χ4n) is 9.21. The second-order valence-electron chi connectivity index (χ2n) is 24.9. The van der Waals surface area contributed by atoms with Gasteiger partial charge in [0.25, 0.3) is 10.0 Å². The Hall–Kier alpha value is -1.56. The Labute approximate surface area is 439 Å². The summed E-state index contributed by atoms with van der Waals surface area (Å²) in [6.07, 6.45) is 12.4. The molecule has 406 valence electrons. The van der Waals surface area contributed by atoms with Crippen molar-refractivity contribution in [3.05, 3.63) is 59.7 Å². The monoisotopic (exact) mass is 1100 g/mol. The van der Waals surface area contributed by atoms with Crippen molar-refractivity contribution >= 4 is 62.2 Å². The summed E-state index contributed by atoms with van der Waals surface area (Å²) in [6.45, 7) is 37.9. The number of amides is 1. The molecular formula is C53H95N3O9S3Si3. The minimum absolute atomic E-state index is 0.0241. The van der Waals surface area contributed by atoms with Gasteiger partial charge in [-0.25, -0.2) is 22.0 Å². The van der Waals surface area contributed by atoms with E-state index in [-0.39, 0.29) is 79.1 Å². The van der Waals surface area contributed by atoms with E-state index >= 15 is 0 Å². The summed E-state index contributed by atoms with van der Waals surface area (Å²) < 4.78 is 80.9. The number of aryl methyl sites for hydroxylation is 1. The van der Waals surface area contributed by atoms with Crippen molar-refractivity contribution in [2.75, 3.05) is 33.4 Å². The number of carbonyl (C=O) groups is 1. The number of nitrogens with two attached hydrogens (primary N) is 1. The zero-order valence-electron chi connectivity index (χ0n) is 46.9. The molecule has 71 heavy (non-hydrogen) atoms. The van der Waals surface area contributed by atoms with E-state index in [1.165, 1.54) is 15.9 Å². The second-order valence-corrected chi connectivity index (χ2v) is 44.1. The van der Waals surface area contributed by atoms with E-state index in [2.05, 4.69) is 144 Å². The Morgan fingerprint density at radius 1 is 0.873 bits per heavy atom. The first-order valence-electron chi connectivity index (χ1n) is 26.3. The summed E-state index contributed by atoms with van der Waals surface area (Å²) in [4.78, 5) is 15.8. The van der Waals surface area contributed by atoms with Crippen LogP contribution in [0.15, 0.2) is 57.0 Å². The lowest BCUT2D eigenvalue weighted by Gasteiger charge is -2.41. The van der Waals surface area contributed by atoms with Crippen LogP contribution in [0.2, 0.25) is 54.4 Å². The van der Waals surface area contributed by atoms with Gasteiger partial charge in [0.1, 0.15) is 8.42 Å². The van der Waals surface area contributed by atoms with Crippen LogP contribution in [-0.2, 0) is 49.3 Å². The standard InChI is InChI=1S/C53H95N3O9S3Si3/c1-18-56(45-39-55(35-26-36-62-11)68(60,61)50-44(45)37-49(66-50)67(54,58)59)48(57)30-25-20-19-24-29-42-43(34-33-41(63-69(12,13)51(2,3)4)32-31-40-27-22-21-23-28-40)47(65-71(16,17)53(8,9)10)38-46(42)64-70(14,15)52(5,6)7/h19,21-24,27-28,37,41-43,45-47H,18,20,25-26,29-36,38-39H2,1-17H3,(H2,54,58,59)/b24-19-/t41?,42-,43?,45?,46?,47?/m1/s1. The van der Waals surface area contributed by atoms with Gasteiger partial charge in [0.05, 0.1) is 18.2 Å². The molecule has 2 aliphatic rings. The van der Waals surface area contributed by atoms with Gasteiger partial charge in [-0.1, -0.05) is 105 Å². The third kappa shape index (κ3) is 16.2. The molecule has 2 aromatic rings. The van der Waals surface area contributed by atoms with E-state index in [1.54, 1.807) is 12.0 Å². The maximum atomic E-state index is 14.1. The number of primary sulfonamides is 1. The van der Waals surface area contributed by atoms with E-state index in [0.717, 1.165) is 38.5 Å². The van der Waals surface area contributed by atoms with Gasteiger partial charge >= 0.3 is 0 Å². The van der Waals surface area contributed by atoms with Gasteiger partial charge in [-0.15, -0.1) is 11.3 Å². The van der Waals surface area contributed by atoms with Crippen molar-refractivity contribution in [1.82, 2.24) is 9.21 Å². The van der Waals surface area contributed by atoms with Crippen molar-refractivity contribution in [2.45, 2.75) is 221 Å². The van der Waals surface area contributed by atoms with Gasteiger partial charge in [-0.3, -0.25) is 4.79 Å². The molecule has 1 fully saturated rings. The zero-order chi connectivity index (χ0) is 53.6. The number of allylic oxidation sites excluding steroid dienone is 2. The Morgan fingerprint density at radius 3 is 1.99 bits per heavy atom. The minimum atomic E-state index is -4.17. The van der Waals surface area contributed by atoms with E-state index in [1.807, 2.05) is 6.92 Å². The molecule has 4 rings (SSSR count). The van der Waals surface area contributed by atoms with E-state index in [0.29, 0.717) is 49.3 Å². The van der Waals surface area contributed by atoms with Crippen LogP contribution in [0.5, 0.6) is 0 Å². The highest BCUT2D eigenvalue weighted by Gasteiger charge is 2.51. The van der Waals surface area contributed by atoms with Crippen LogP contribution in [0.25, 0.3) is 0 Å². The van der Waals surface area contributed by atoms with Gasteiger partial charge in [0.15, 0.2) is 25.0 Å². The number of carbonyl (C=O) groups excluding carboxylic acids is 1. The van der Waals surface area contributed by atoms with Crippen LogP contribution >= 0.6 is 11.3 Å². The smallest absolute Gasteiger partial charge is 0.253 e. The molecule has 6 atom stereocenters. The normalized spacial score (nSPS) is 22.3. The molecule has 12 nitrogen and oxygen atoms in total. The molecule has 5 unspecified atom stereocenters. The predicted octanol–water partition coefficient (Wildman–Crippen LogP) is 12.7. The molecule has 1 aromatic heterocycles. The molecule has 2 N–H and O–H groups in total. The quantitative estimate of drug-likeness (QED) is 0.0581. The Balaban J connectivity index is 1.61. The van der Waals surface area contributed by atoms with Crippen LogP contribution in [0.4, 0.5) is 0 Å². The van der Waals surface area contributed by atoms with Crippen molar-refractivity contribution in [3.8, 4) is 0 Å². The molecule has 1 aliphatic carbocycles. The first-order chi connectivity index (χ1) is 32.6. The van der Waals surface area contributed by atoms with E-state index in [9.17, 15) is 21.6 Å². The summed E-state index contributed by atoms with van der Waals surface area (Å²) >= 11 is 0.650. The minimum Gasteiger partial charge on any atom is -0.414 e. The summed E-state index contributed by atoms with van der Waals surface area (Å²) in [5.74, 6) is 0.407. The molecule has 0 radical (unpaired) electrons. The number of benzene rings is 1. The summed E-state index contributed by atoms with van der Waals surface area (Å²) in [7, 11) is -13.0. The number of hydrogen-bond acceptors (Lipinski definition) is 10. The predicted molar refractivity (Wildman–Crippen MR) is 300 cm³/mol. The molecular weight excluding hydrogens is 1000 g/mol. The summed E-state index contributed by atoms with van der Waals surface area (Å²) in [6, 6.07) is 11.5. The Bertz CT molecular complexity index is 2290. The van der Waals surface area contributed by atoms with Crippen molar-refractivity contribution in [2.24, 2.45) is 17.0 Å². The number of sulfonamides is 2. The van der Waals surface area contributed by atoms with Crippen LogP contribution in [0, 0.1) is 11.8 Å². The first-order valence-corrected chi connectivity index (χ1v) is 38.8. The number of fused-ring (bicyclic) bond motifs is 1. The SMILES string of the molecule is CCN(C(=O)CCC/C=C\C[C@H]1C(O[Si](C)(C)C(C)(C)C)CC(O[Si](C)(C)C(C)(C)C)C1CCC(CCc1ccccc1)O[Si](C)(C)C(C)(C)C)C1CN(CCCOC)S(=O)(=O)c2sc(S(N)(=O)=O)cc21.